The van der Waals surface area contributed by atoms with E-state index in [9.17, 15) is 13.6 Å². The topological polar surface area (TPSA) is 26.3 Å². The molecule has 1 aromatic carbocycles. The number of ether oxygens (including phenoxy) is 1. The molecular formula is C11H10F2O2. The molecule has 0 N–H and O–H groups in total. The molecule has 0 amide bonds. The van der Waals surface area contributed by atoms with Crippen molar-refractivity contribution >= 4 is 5.78 Å². The van der Waals surface area contributed by atoms with Crippen LogP contribution in [0.4, 0.5) is 8.78 Å². The van der Waals surface area contributed by atoms with Crippen molar-refractivity contribution in [2.75, 3.05) is 7.11 Å². The first kappa shape index (κ1) is 10.1. The summed E-state index contributed by atoms with van der Waals surface area (Å²) in [7, 11) is 1.44. The van der Waals surface area contributed by atoms with E-state index in [0.717, 1.165) is 0 Å². The molecule has 2 nitrogen and oxygen atoms in total. The van der Waals surface area contributed by atoms with Crippen LogP contribution in [0, 0.1) is 0 Å². The quantitative estimate of drug-likeness (QED) is 0.715. The van der Waals surface area contributed by atoms with Crippen LogP contribution in [0.3, 0.4) is 0 Å². The molecule has 4 heteroatoms. The highest BCUT2D eigenvalue weighted by atomic mass is 19.3. The third-order valence-electron chi connectivity index (χ3n) is 2.59. The van der Waals surface area contributed by atoms with Crippen LogP contribution in [0.2, 0.25) is 0 Å². The molecule has 15 heavy (non-hydrogen) atoms. The second kappa shape index (κ2) is 3.29. The van der Waals surface area contributed by atoms with Crippen LogP contribution < -0.4 is 4.74 Å². The lowest BCUT2D eigenvalue weighted by atomic mass is 9.87. The normalized spacial score (nSPS) is 18.5. The first-order chi connectivity index (χ1) is 7.04. The molecule has 0 saturated heterocycles. The molecule has 1 aliphatic rings. The van der Waals surface area contributed by atoms with Crippen molar-refractivity contribution < 1.29 is 18.3 Å². The smallest absolute Gasteiger partial charge is 0.274 e. The highest BCUT2D eigenvalue weighted by Crippen LogP contribution is 2.40. The summed E-state index contributed by atoms with van der Waals surface area (Å²) in [4.78, 5) is 11.5. The molecule has 0 aliphatic heterocycles. The minimum Gasteiger partial charge on any atom is -0.497 e. The van der Waals surface area contributed by atoms with Crippen LogP contribution in [0.5, 0.6) is 5.75 Å². The van der Waals surface area contributed by atoms with Gasteiger partial charge in [-0.05, 0) is 18.2 Å². The Morgan fingerprint density at radius 2 is 2.13 bits per heavy atom. The maximum atomic E-state index is 13.4. The first-order valence-electron chi connectivity index (χ1n) is 4.64. The van der Waals surface area contributed by atoms with Gasteiger partial charge in [0.25, 0.3) is 5.92 Å². The first-order valence-corrected chi connectivity index (χ1v) is 4.64. The minimum atomic E-state index is -2.89. The number of hydrogen-bond acceptors (Lipinski definition) is 2. The van der Waals surface area contributed by atoms with E-state index in [1.165, 1.54) is 25.3 Å². The highest BCUT2D eigenvalue weighted by Gasteiger charge is 2.39. The maximum absolute atomic E-state index is 13.4. The fraction of sp³-hybridized carbons (Fsp3) is 0.364. The van der Waals surface area contributed by atoms with Crippen molar-refractivity contribution in [1.29, 1.82) is 0 Å². The summed E-state index contributed by atoms with van der Waals surface area (Å²) >= 11 is 0. The molecule has 0 fully saturated rings. The van der Waals surface area contributed by atoms with Gasteiger partial charge >= 0.3 is 0 Å². The fourth-order valence-electron chi connectivity index (χ4n) is 1.74. The lowest BCUT2D eigenvalue weighted by Gasteiger charge is -2.24. The van der Waals surface area contributed by atoms with E-state index in [1.807, 2.05) is 0 Å². The number of alkyl halides is 2. The van der Waals surface area contributed by atoms with E-state index in [1.54, 1.807) is 0 Å². The molecule has 1 aromatic rings. The molecule has 0 aromatic heterocycles. The van der Waals surface area contributed by atoms with E-state index in [0.29, 0.717) is 5.75 Å². The van der Waals surface area contributed by atoms with Crippen molar-refractivity contribution in [3.05, 3.63) is 29.3 Å². The molecule has 80 valence electrons. The van der Waals surface area contributed by atoms with Crippen molar-refractivity contribution in [1.82, 2.24) is 0 Å². The summed E-state index contributed by atoms with van der Waals surface area (Å²) in [5.74, 6) is -2.70. The van der Waals surface area contributed by atoms with Crippen molar-refractivity contribution in [2.24, 2.45) is 0 Å². The molecule has 1 aliphatic carbocycles. The van der Waals surface area contributed by atoms with Gasteiger partial charge in [-0.15, -0.1) is 0 Å². The predicted octanol–water partition coefficient (Wildman–Crippen LogP) is 2.76. The molecule has 0 radical (unpaired) electrons. The highest BCUT2D eigenvalue weighted by molar-refractivity contribution is 5.99. The fourth-order valence-corrected chi connectivity index (χ4v) is 1.74. The van der Waals surface area contributed by atoms with Gasteiger partial charge in [-0.25, -0.2) is 8.78 Å². The summed E-state index contributed by atoms with van der Waals surface area (Å²) in [6, 6.07) is 4.10. The predicted molar refractivity (Wildman–Crippen MR) is 50.5 cm³/mol. The molecule has 0 saturated carbocycles. The van der Waals surface area contributed by atoms with Crippen LogP contribution in [0.25, 0.3) is 0 Å². The lowest BCUT2D eigenvalue weighted by molar-refractivity contribution is -0.0192. The van der Waals surface area contributed by atoms with E-state index in [-0.39, 0.29) is 23.3 Å². The lowest BCUT2D eigenvalue weighted by Crippen LogP contribution is -2.24. The average Bonchev–Trinajstić information content (AvgIpc) is 2.23. The van der Waals surface area contributed by atoms with E-state index in [2.05, 4.69) is 0 Å². The number of rotatable bonds is 1. The monoisotopic (exact) mass is 212 g/mol. The Hall–Kier alpha value is -1.45. The third-order valence-corrected chi connectivity index (χ3v) is 2.59. The van der Waals surface area contributed by atoms with E-state index >= 15 is 0 Å². The number of benzene rings is 1. The number of carbonyl (C=O) groups excluding carboxylic acids is 1. The number of halogens is 2. The van der Waals surface area contributed by atoms with Gasteiger partial charge in [-0.3, -0.25) is 4.79 Å². The van der Waals surface area contributed by atoms with Crippen LogP contribution in [-0.4, -0.2) is 12.9 Å². The van der Waals surface area contributed by atoms with Gasteiger partial charge in [0.2, 0.25) is 0 Å². The zero-order chi connectivity index (χ0) is 11.1. The Labute approximate surface area is 85.9 Å². The molecular weight excluding hydrogens is 202 g/mol. The summed E-state index contributed by atoms with van der Waals surface area (Å²) < 4.78 is 31.7. The number of Topliss-reactive ketones (excluding diaryl/α,β-unsaturated/α-hetero) is 1. The molecule has 0 atom stereocenters. The Balaban J connectivity index is 2.57. The van der Waals surface area contributed by atoms with Crippen molar-refractivity contribution in [3.63, 3.8) is 0 Å². The molecule has 0 heterocycles. The van der Waals surface area contributed by atoms with Gasteiger partial charge in [-0.1, -0.05) is 0 Å². The summed E-state index contributed by atoms with van der Waals surface area (Å²) in [5.41, 5.74) is -0.0925. The standard InChI is InChI=1S/C11H10F2O2/c1-15-7-2-3-9-8(6-7)10(14)4-5-11(9,12)13/h2-3,6H,4-5H2,1H3. The number of methoxy groups -OCH3 is 1. The van der Waals surface area contributed by atoms with Crippen LogP contribution in [-0.2, 0) is 5.92 Å². The number of carbonyl (C=O) groups is 1. The molecule has 2 rings (SSSR count). The minimum absolute atomic E-state index is 0.0885. The van der Waals surface area contributed by atoms with Gasteiger partial charge < -0.3 is 4.74 Å². The Morgan fingerprint density at radius 1 is 1.40 bits per heavy atom. The zero-order valence-electron chi connectivity index (χ0n) is 8.22. The summed E-state index contributed by atoms with van der Waals surface area (Å²) in [5, 5.41) is 0. The van der Waals surface area contributed by atoms with Gasteiger partial charge in [0.05, 0.1) is 7.11 Å². The van der Waals surface area contributed by atoms with Crippen LogP contribution in [0.15, 0.2) is 18.2 Å². The number of hydrogen-bond donors (Lipinski definition) is 0. The summed E-state index contributed by atoms with van der Waals surface area (Å²) in [6.45, 7) is 0. The largest absolute Gasteiger partial charge is 0.497 e. The Kier molecular flexibility index (Phi) is 2.21. The van der Waals surface area contributed by atoms with Gasteiger partial charge in [0.15, 0.2) is 5.78 Å². The van der Waals surface area contributed by atoms with E-state index in [4.69, 9.17) is 4.74 Å². The van der Waals surface area contributed by atoms with Crippen LogP contribution in [0.1, 0.15) is 28.8 Å². The number of ketones is 1. The molecule has 0 bridgehead atoms. The second-order valence-corrected chi connectivity index (χ2v) is 3.54. The van der Waals surface area contributed by atoms with Crippen molar-refractivity contribution in [2.45, 2.75) is 18.8 Å². The van der Waals surface area contributed by atoms with Crippen LogP contribution >= 0.6 is 0 Å². The molecule has 0 unspecified atom stereocenters. The van der Waals surface area contributed by atoms with Crippen molar-refractivity contribution in [3.8, 4) is 5.75 Å². The average molecular weight is 212 g/mol. The van der Waals surface area contributed by atoms with Gasteiger partial charge in [0, 0.05) is 24.0 Å². The summed E-state index contributed by atoms with van der Waals surface area (Å²) in [6.07, 6.45) is -0.502. The second-order valence-electron chi connectivity index (χ2n) is 3.54. The van der Waals surface area contributed by atoms with E-state index < -0.39 is 12.3 Å². The Morgan fingerprint density at radius 3 is 2.80 bits per heavy atom. The van der Waals surface area contributed by atoms with Gasteiger partial charge in [-0.2, -0.15) is 0 Å². The zero-order valence-corrected chi connectivity index (χ0v) is 8.22. The molecule has 0 spiro atoms. The SMILES string of the molecule is COc1ccc2c(c1)C(=O)CCC2(F)F. The van der Waals surface area contributed by atoms with Gasteiger partial charge in [0.1, 0.15) is 5.75 Å². The Bertz CT molecular complexity index is 413. The third kappa shape index (κ3) is 1.60. The maximum Gasteiger partial charge on any atom is 0.274 e. The number of fused-ring (bicyclic) bond motifs is 1.